The molecule has 0 spiro atoms. The SMILES string of the molecule is C[C@H](CCn1c2c(I)cnc(N)c2c(Br)[n+]1C)NC(=O)OC(C)(C)C. The van der Waals surface area contributed by atoms with Gasteiger partial charge in [0.25, 0.3) is 4.60 Å². The number of nitrogens with one attached hydrogen (secondary N) is 1. The Labute approximate surface area is 169 Å². The van der Waals surface area contributed by atoms with E-state index in [2.05, 4.69) is 53.5 Å². The summed E-state index contributed by atoms with van der Waals surface area (Å²) < 4.78 is 11.3. The van der Waals surface area contributed by atoms with Crippen LogP contribution in [0.5, 0.6) is 0 Å². The van der Waals surface area contributed by atoms with Gasteiger partial charge in [-0.05, 0) is 56.7 Å². The average Bonchev–Trinajstić information content (AvgIpc) is 2.72. The quantitative estimate of drug-likeness (QED) is 0.475. The number of anilines is 1. The fourth-order valence-electron chi connectivity index (χ4n) is 2.52. The first kappa shape index (κ1) is 20.2. The van der Waals surface area contributed by atoms with Crippen LogP contribution in [-0.4, -0.2) is 27.4 Å². The van der Waals surface area contributed by atoms with E-state index in [0.717, 1.165) is 32.0 Å². The lowest BCUT2D eigenvalue weighted by Crippen LogP contribution is -2.42. The number of rotatable bonds is 4. The lowest BCUT2D eigenvalue weighted by molar-refractivity contribution is -0.760. The Morgan fingerprint density at radius 1 is 1.56 bits per heavy atom. The summed E-state index contributed by atoms with van der Waals surface area (Å²) in [6.45, 7) is 8.23. The van der Waals surface area contributed by atoms with Gasteiger partial charge in [-0.3, -0.25) is 0 Å². The molecular formula is C16H24BrIN5O2+. The van der Waals surface area contributed by atoms with Gasteiger partial charge in [0.2, 0.25) is 0 Å². The summed E-state index contributed by atoms with van der Waals surface area (Å²) in [6, 6.07) is -0.0251. The van der Waals surface area contributed by atoms with Gasteiger partial charge in [0.05, 0.1) is 10.1 Å². The molecule has 9 heteroatoms. The number of amides is 1. The van der Waals surface area contributed by atoms with Crippen LogP contribution in [0.15, 0.2) is 10.8 Å². The van der Waals surface area contributed by atoms with Crippen molar-refractivity contribution in [2.75, 3.05) is 5.73 Å². The molecule has 3 N–H and O–H groups in total. The van der Waals surface area contributed by atoms with E-state index < -0.39 is 11.7 Å². The van der Waals surface area contributed by atoms with Crippen molar-refractivity contribution in [1.82, 2.24) is 15.0 Å². The second-order valence-corrected chi connectivity index (χ2v) is 8.90. The Morgan fingerprint density at radius 3 is 2.80 bits per heavy atom. The monoisotopic (exact) mass is 524 g/mol. The Kier molecular flexibility index (Phi) is 6.18. The molecule has 2 aromatic rings. The molecule has 0 fully saturated rings. The number of pyridine rings is 1. The van der Waals surface area contributed by atoms with Gasteiger partial charge in [-0.1, -0.05) is 0 Å². The summed E-state index contributed by atoms with van der Waals surface area (Å²) in [5, 5.41) is 3.78. The molecule has 0 aromatic carbocycles. The lowest BCUT2D eigenvalue weighted by Gasteiger charge is -2.21. The van der Waals surface area contributed by atoms with Crippen molar-refractivity contribution < 1.29 is 14.2 Å². The fourth-order valence-corrected chi connectivity index (χ4v) is 3.79. The molecule has 0 radical (unpaired) electrons. The van der Waals surface area contributed by atoms with Gasteiger partial charge in [-0.25, -0.2) is 9.78 Å². The molecule has 0 bridgehead atoms. The molecule has 0 aliphatic heterocycles. The van der Waals surface area contributed by atoms with Crippen LogP contribution >= 0.6 is 38.5 Å². The number of aromatic nitrogens is 3. The van der Waals surface area contributed by atoms with E-state index in [0.29, 0.717) is 5.82 Å². The third-order valence-electron chi connectivity index (χ3n) is 3.68. The number of ether oxygens (including phenoxy) is 1. The molecular weight excluding hydrogens is 501 g/mol. The molecule has 1 amide bonds. The Morgan fingerprint density at radius 2 is 2.20 bits per heavy atom. The number of alkyl carbamates (subject to hydrolysis) is 1. The average molecular weight is 525 g/mol. The number of nitrogens with two attached hydrogens (primary N) is 1. The van der Waals surface area contributed by atoms with E-state index >= 15 is 0 Å². The molecule has 138 valence electrons. The van der Waals surface area contributed by atoms with Gasteiger partial charge >= 0.3 is 6.09 Å². The van der Waals surface area contributed by atoms with Crippen LogP contribution in [0, 0.1) is 3.57 Å². The van der Waals surface area contributed by atoms with Crippen LogP contribution < -0.4 is 15.7 Å². The molecule has 1 atom stereocenters. The van der Waals surface area contributed by atoms with Crippen molar-refractivity contribution in [1.29, 1.82) is 0 Å². The molecule has 0 unspecified atom stereocenters. The molecule has 7 nitrogen and oxygen atoms in total. The third kappa shape index (κ3) is 4.75. The van der Waals surface area contributed by atoms with E-state index in [1.165, 1.54) is 0 Å². The molecule has 2 rings (SSSR count). The first-order valence-electron chi connectivity index (χ1n) is 7.98. The zero-order valence-corrected chi connectivity index (χ0v) is 18.8. The van der Waals surface area contributed by atoms with Gasteiger partial charge in [-0.2, -0.15) is 4.68 Å². The molecule has 2 heterocycles. The summed E-state index contributed by atoms with van der Waals surface area (Å²) >= 11 is 5.86. The molecule has 2 aromatic heterocycles. The van der Waals surface area contributed by atoms with Crippen molar-refractivity contribution in [2.24, 2.45) is 7.05 Å². The molecule has 0 saturated heterocycles. The smallest absolute Gasteiger partial charge is 0.407 e. The Hall–Kier alpha value is -1.10. The van der Waals surface area contributed by atoms with E-state index in [4.69, 9.17) is 10.5 Å². The number of hydrogen-bond acceptors (Lipinski definition) is 4. The summed E-state index contributed by atoms with van der Waals surface area (Å²) in [6.07, 6.45) is 2.12. The Balaban J connectivity index is 2.15. The van der Waals surface area contributed by atoms with E-state index in [1.54, 1.807) is 6.20 Å². The number of fused-ring (bicyclic) bond motifs is 1. The van der Waals surface area contributed by atoms with Crippen molar-refractivity contribution >= 4 is 61.3 Å². The number of hydrogen-bond donors (Lipinski definition) is 2. The van der Waals surface area contributed by atoms with Crippen LogP contribution in [-0.2, 0) is 18.3 Å². The summed E-state index contributed by atoms with van der Waals surface area (Å²) in [5.74, 6) is 0.497. The van der Waals surface area contributed by atoms with Crippen LogP contribution in [0.25, 0.3) is 10.9 Å². The molecule has 0 aliphatic rings. The number of nitrogen functional groups attached to an aromatic ring is 1. The third-order valence-corrected chi connectivity index (χ3v) is 5.38. The zero-order chi connectivity index (χ0) is 18.9. The maximum absolute atomic E-state index is 11.9. The number of nitrogens with zero attached hydrogens (tertiary/aromatic N) is 3. The highest BCUT2D eigenvalue weighted by Crippen LogP contribution is 2.29. The standard InChI is InChI=1S/C16H23BrIN5O2/c1-9(21-15(24)25-16(2,3)4)6-7-23-12-10(18)8-20-14(19)11(12)13(17)22(23)5/h8-9,19H,6-7H2,1-5H3,(H,21,24)/p+1/t9-/m1/s1. The van der Waals surface area contributed by atoms with E-state index in [1.807, 2.05) is 39.4 Å². The highest BCUT2D eigenvalue weighted by Gasteiger charge is 2.25. The summed E-state index contributed by atoms with van der Waals surface area (Å²) in [5.41, 5.74) is 6.58. The predicted octanol–water partition coefficient (Wildman–Crippen LogP) is 3.11. The molecule has 0 saturated carbocycles. The first-order chi connectivity index (χ1) is 11.5. The normalized spacial score (nSPS) is 13.1. The van der Waals surface area contributed by atoms with Crippen molar-refractivity contribution in [3.8, 4) is 0 Å². The number of aryl methyl sites for hydroxylation is 1. The highest BCUT2D eigenvalue weighted by molar-refractivity contribution is 14.1. The maximum atomic E-state index is 11.9. The number of halogens is 2. The lowest BCUT2D eigenvalue weighted by atomic mass is 10.2. The van der Waals surface area contributed by atoms with Crippen LogP contribution in [0.2, 0.25) is 0 Å². The minimum atomic E-state index is -0.502. The van der Waals surface area contributed by atoms with Gasteiger partial charge in [0, 0.05) is 28.2 Å². The second kappa shape index (κ2) is 7.65. The minimum absolute atomic E-state index is 0.0251. The maximum Gasteiger partial charge on any atom is 0.407 e. The van der Waals surface area contributed by atoms with Gasteiger partial charge in [0.15, 0.2) is 7.05 Å². The summed E-state index contributed by atoms with van der Waals surface area (Å²) in [7, 11) is 1.96. The van der Waals surface area contributed by atoms with Crippen LogP contribution in [0.3, 0.4) is 0 Å². The van der Waals surface area contributed by atoms with E-state index in [-0.39, 0.29) is 6.04 Å². The summed E-state index contributed by atoms with van der Waals surface area (Å²) in [4.78, 5) is 16.1. The second-order valence-electron chi connectivity index (χ2n) is 6.99. The van der Waals surface area contributed by atoms with E-state index in [9.17, 15) is 4.79 Å². The van der Waals surface area contributed by atoms with Crippen LogP contribution in [0.4, 0.5) is 10.6 Å². The topological polar surface area (TPSA) is 86.1 Å². The number of carbonyl (C=O) groups is 1. The number of carbonyl (C=O) groups excluding carboxylic acids is 1. The Bertz CT molecular complexity index is 800. The molecule has 0 aliphatic carbocycles. The minimum Gasteiger partial charge on any atom is -0.444 e. The van der Waals surface area contributed by atoms with Gasteiger partial charge in [-0.15, -0.1) is 4.68 Å². The largest absolute Gasteiger partial charge is 0.444 e. The van der Waals surface area contributed by atoms with Gasteiger partial charge in [0.1, 0.15) is 22.3 Å². The highest BCUT2D eigenvalue weighted by atomic mass is 127. The van der Waals surface area contributed by atoms with Crippen LogP contribution in [0.1, 0.15) is 34.1 Å². The fraction of sp³-hybridized carbons (Fsp3) is 0.562. The van der Waals surface area contributed by atoms with Crippen molar-refractivity contribution in [2.45, 2.75) is 52.3 Å². The van der Waals surface area contributed by atoms with Crippen molar-refractivity contribution in [3.63, 3.8) is 0 Å². The zero-order valence-electron chi connectivity index (χ0n) is 15.1. The van der Waals surface area contributed by atoms with Gasteiger partial charge < -0.3 is 15.8 Å². The molecule has 25 heavy (non-hydrogen) atoms. The first-order valence-corrected chi connectivity index (χ1v) is 9.86. The van der Waals surface area contributed by atoms with Crippen molar-refractivity contribution in [3.05, 3.63) is 14.4 Å². The predicted molar refractivity (Wildman–Crippen MR) is 109 cm³/mol.